The van der Waals surface area contributed by atoms with Gasteiger partial charge in [-0.2, -0.15) is 0 Å². The lowest BCUT2D eigenvalue weighted by atomic mass is 9.78. The van der Waals surface area contributed by atoms with E-state index in [1.807, 2.05) is 0 Å². The molecule has 0 spiro atoms. The molecule has 2 atom stereocenters. The molecule has 7 heteroatoms. The largest absolute Gasteiger partial charge is 0.394 e. The maximum atomic E-state index is 12.5. The van der Waals surface area contributed by atoms with Crippen LogP contribution in [0.15, 0.2) is 23.1 Å². The fourth-order valence-electron chi connectivity index (χ4n) is 2.92. The summed E-state index contributed by atoms with van der Waals surface area (Å²) in [5.41, 5.74) is -0.789. The van der Waals surface area contributed by atoms with E-state index in [0.717, 1.165) is 12.8 Å². The fourth-order valence-corrected chi connectivity index (χ4v) is 4.74. The molecule has 1 aromatic carbocycles. The first-order valence-electron chi connectivity index (χ1n) is 6.88. The van der Waals surface area contributed by atoms with E-state index >= 15 is 0 Å². The minimum absolute atomic E-state index is 0.0583. The maximum Gasteiger partial charge on any atom is 0.241 e. The monoisotopic (exact) mass is 351 g/mol. The average Bonchev–Trinajstić information content (AvgIpc) is 2.41. The van der Waals surface area contributed by atoms with Gasteiger partial charge in [0.25, 0.3) is 0 Å². The summed E-state index contributed by atoms with van der Waals surface area (Å²) >= 11 is 11.7. The van der Waals surface area contributed by atoms with Crippen molar-refractivity contribution in [1.82, 2.24) is 4.72 Å². The first-order chi connectivity index (χ1) is 9.78. The summed E-state index contributed by atoms with van der Waals surface area (Å²) < 4.78 is 27.7. The molecular weight excluding hydrogens is 333 g/mol. The molecular formula is C14H19Cl2NO3S. The lowest BCUT2D eigenvalue weighted by Gasteiger charge is -2.39. The van der Waals surface area contributed by atoms with Crippen LogP contribution in [0.4, 0.5) is 0 Å². The molecule has 0 radical (unpaired) electrons. The Kier molecular flexibility index (Phi) is 5.21. The van der Waals surface area contributed by atoms with Gasteiger partial charge in [-0.25, -0.2) is 13.1 Å². The molecule has 1 saturated carbocycles. The van der Waals surface area contributed by atoms with Crippen molar-refractivity contribution in [3.63, 3.8) is 0 Å². The average molecular weight is 352 g/mol. The predicted molar refractivity (Wildman–Crippen MR) is 84.2 cm³/mol. The van der Waals surface area contributed by atoms with E-state index in [-0.39, 0.29) is 16.5 Å². The number of hydrogen-bond donors (Lipinski definition) is 2. The molecule has 2 rings (SSSR count). The van der Waals surface area contributed by atoms with Crippen molar-refractivity contribution in [2.24, 2.45) is 5.92 Å². The van der Waals surface area contributed by atoms with Gasteiger partial charge in [0.1, 0.15) is 0 Å². The normalized spacial score (nSPS) is 26.8. The Bertz CT molecular complexity index is 621. The van der Waals surface area contributed by atoms with Crippen molar-refractivity contribution >= 4 is 33.2 Å². The summed E-state index contributed by atoms with van der Waals surface area (Å²) in [6.07, 6.45) is 3.21. The summed E-state index contributed by atoms with van der Waals surface area (Å²) in [6, 6.07) is 4.19. The summed E-state index contributed by atoms with van der Waals surface area (Å²) in [5, 5.41) is 10.2. The highest BCUT2D eigenvalue weighted by Crippen LogP contribution is 2.34. The predicted octanol–water partition coefficient (Wildman–Crippen LogP) is 3.21. The van der Waals surface area contributed by atoms with Crippen molar-refractivity contribution in [3.05, 3.63) is 28.2 Å². The molecule has 0 saturated heterocycles. The fraction of sp³-hybridized carbons (Fsp3) is 0.571. The van der Waals surface area contributed by atoms with Gasteiger partial charge in [-0.1, -0.05) is 43.0 Å². The Morgan fingerprint density at radius 1 is 1.38 bits per heavy atom. The lowest BCUT2D eigenvalue weighted by molar-refractivity contribution is 0.120. The van der Waals surface area contributed by atoms with Crippen LogP contribution in [0, 0.1) is 5.92 Å². The van der Waals surface area contributed by atoms with E-state index in [4.69, 9.17) is 23.2 Å². The number of nitrogens with one attached hydrogen (secondary N) is 1. The Morgan fingerprint density at radius 2 is 2.10 bits per heavy atom. The third-order valence-corrected chi connectivity index (χ3v) is 6.26. The highest BCUT2D eigenvalue weighted by molar-refractivity contribution is 7.89. The van der Waals surface area contributed by atoms with Crippen LogP contribution < -0.4 is 4.72 Å². The second kappa shape index (κ2) is 6.42. The summed E-state index contributed by atoms with van der Waals surface area (Å²) in [7, 11) is -3.75. The molecule has 2 N–H and O–H groups in total. The Hall–Kier alpha value is -0.330. The topological polar surface area (TPSA) is 66.4 Å². The molecule has 0 amide bonds. The van der Waals surface area contributed by atoms with Crippen LogP contribution in [-0.2, 0) is 10.0 Å². The molecule has 1 aliphatic carbocycles. The number of benzene rings is 1. The van der Waals surface area contributed by atoms with Gasteiger partial charge in [0.2, 0.25) is 10.0 Å². The molecule has 1 aromatic rings. The van der Waals surface area contributed by atoms with Gasteiger partial charge < -0.3 is 5.11 Å². The van der Waals surface area contributed by atoms with E-state index in [9.17, 15) is 13.5 Å². The van der Waals surface area contributed by atoms with Crippen LogP contribution in [0.25, 0.3) is 0 Å². The number of rotatable bonds is 4. The van der Waals surface area contributed by atoms with Crippen LogP contribution in [-0.4, -0.2) is 25.7 Å². The van der Waals surface area contributed by atoms with Gasteiger partial charge in [-0.15, -0.1) is 0 Å². The van der Waals surface area contributed by atoms with Gasteiger partial charge in [0.15, 0.2) is 0 Å². The van der Waals surface area contributed by atoms with Crippen molar-refractivity contribution in [1.29, 1.82) is 0 Å². The molecule has 0 heterocycles. The minimum atomic E-state index is -3.75. The van der Waals surface area contributed by atoms with Crippen LogP contribution >= 0.6 is 23.2 Å². The van der Waals surface area contributed by atoms with E-state index in [1.54, 1.807) is 0 Å². The zero-order valence-corrected chi connectivity index (χ0v) is 14.1. The standard InChI is InChI=1S/C14H19Cl2NO3S/c1-10-3-2-6-14(8-10,9-18)17-21(19,20)11-4-5-12(15)13(16)7-11/h4-5,7,10,17-18H,2-3,6,8-9H2,1H3. The van der Waals surface area contributed by atoms with E-state index in [0.29, 0.717) is 23.8 Å². The number of aliphatic hydroxyl groups excluding tert-OH is 1. The number of sulfonamides is 1. The first-order valence-corrected chi connectivity index (χ1v) is 9.12. The SMILES string of the molecule is CC1CCCC(CO)(NS(=O)(=O)c2ccc(Cl)c(Cl)c2)C1. The van der Waals surface area contributed by atoms with Gasteiger partial charge in [0, 0.05) is 0 Å². The molecule has 0 bridgehead atoms. The van der Waals surface area contributed by atoms with Gasteiger partial charge in [0.05, 0.1) is 27.1 Å². The number of halogens is 2. The molecule has 118 valence electrons. The lowest BCUT2D eigenvalue weighted by Crippen LogP contribution is -2.53. The second-order valence-electron chi connectivity index (χ2n) is 5.82. The van der Waals surface area contributed by atoms with Crippen LogP contribution in [0.3, 0.4) is 0 Å². The summed E-state index contributed by atoms with van der Waals surface area (Å²) in [5.74, 6) is 0.377. The molecule has 21 heavy (non-hydrogen) atoms. The van der Waals surface area contributed by atoms with Crippen molar-refractivity contribution in [3.8, 4) is 0 Å². The second-order valence-corrected chi connectivity index (χ2v) is 8.32. The Morgan fingerprint density at radius 3 is 2.67 bits per heavy atom. The third-order valence-electron chi connectivity index (χ3n) is 3.95. The highest BCUT2D eigenvalue weighted by atomic mass is 35.5. The van der Waals surface area contributed by atoms with Crippen molar-refractivity contribution in [2.75, 3.05) is 6.61 Å². The molecule has 4 nitrogen and oxygen atoms in total. The molecule has 0 aromatic heterocycles. The van der Waals surface area contributed by atoms with Crippen LogP contribution in [0.5, 0.6) is 0 Å². The molecule has 1 aliphatic rings. The molecule has 2 unspecified atom stereocenters. The van der Waals surface area contributed by atoms with Gasteiger partial charge >= 0.3 is 0 Å². The molecule has 0 aliphatic heterocycles. The van der Waals surface area contributed by atoms with Crippen molar-refractivity contribution in [2.45, 2.75) is 43.0 Å². The Balaban J connectivity index is 2.28. The summed E-state index contributed by atoms with van der Waals surface area (Å²) in [4.78, 5) is 0.0583. The van der Waals surface area contributed by atoms with E-state index in [1.165, 1.54) is 18.2 Å². The highest BCUT2D eigenvalue weighted by Gasteiger charge is 2.38. The zero-order valence-electron chi connectivity index (χ0n) is 11.8. The smallest absolute Gasteiger partial charge is 0.241 e. The minimum Gasteiger partial charge on any atom is -0.394 e. The van der Waals surface area contributed by atoms with Crippen LogP contribution in [0.2, 0.25) is 10.0 Å². The quantitative estimate of drug-likeness (QED) is 0.874. The third kappa shape index (κ3) is 3.90. The molecule has 1 fully saturated rings. The van der Waals surface area contributed by atoms with Gasteiger partial charge in [-0.3, -0.25) is 0 Å². The van der Waals surface area contributed by atoms with E-state index < -0.39 is 15.6 Å². The van der Waals surface area contributed by atoms with Gasteiger partial charge in [-0.05, 0) is 37.0 Å². The Labute approximate surface area is 135 Å². The number of aliphatic hydroxyl groups is 1. The maximum absolute atomic E-state index is 12.5. The zero-order chi connectivity index (χ0) is 15.7. The van der Waals surface area contributed by atoms with E-state index in [2.05, 4.69) is 11.6 Å². The first kappa shape index (κ1) is 17.0. The van der Waals surface area contributed by atoms with Crippen LogP contribution in [0.1, 0.15) is 32.6 Å². The number of hydrogen-bond acceptors (Lipinski definition) is 3. The summed E-state index contributed by atoms with van der Waals surface area (Å²) in [6.45, 7) is 1.86. The van der Waals surface area contributed by atoms with Crippen molar-refractivity contribution < 1.29 is 13.5 Å².